The van der Waals surface area contributed by atoms with Gasteiger partial charge in [0.2, 0.25) is 5.43 Å². The number of ketones is 1. The zero-order valence-electron chi connectivity index (χ0n) is 36.2. The molecule has 3 unspecified atom stereocenters. The second-order valence-electron chi connectivity index (χ2n) is 16.7. The maximum atomic E-state index is 15.4. The van der Waals surface area contributed by atoms with E-state index in [-0.39, 0.29) is 85.3 Å². The van der Waals surface area contributed by atoms with Crippen molar-refractivity contribution < 1.29 is 52.3 Å². The lowest BCUT2D eigenvalue weighted by Gasteiger charge is -2.37. The number of Topliss-reactive ketones (excluding diaryl/α,β-unsaturated/α-hetero) is 1. The highest BCUT2D eigenvalue weighted by atomic mass is 16.7. The van der Waals surface area contributed by atoms with Crippen molar-refractivity contribution in [2.75, 3.05) is 39.7 Å². The molecule has 2 aromatic rings. The van der Waals surface area contributed by atoms with Crippen LogP contribution in [0.5, 0.6) is 23.0 Å². The van der Waals surface area contributed by atoms with Crippen LogP contribution in [0.4, 0.5) is 5.69 Å². The maximum Gasteiger partial charge on any atom is 0.312 e. The summed E-state index contributed by atoms with van der Waals surface area (Å²) in [7, 11) is 5.31. The minimum Gasteiger partial charge on any atom is -0.494 e. The van der Waals surface area contributed by atoms with E-state index in [0.717, 1.165) is 0 Å². The van der Waals surface area contributed by atoms with Crippen LogP contribution in [-0.4, -0.2) is 91.1 Å². The highest BCUT2D eigenvalue weighted by Crippen LogP contribution is 2.52. The van der Waals surface area contributed by atoms with E-state index in [1.807, 2.05) is 45.8 Å². The van der Waals surface area contributed by atoms with Gasteiger partial charge in [0.1, 0.15) is 46.9 Å². The van der Waals surface area contributed by atoms with Gasteiger partial charge in [-0.1, -0.05) is 39.0 Å². The third-order valence-electron chi connectivity index (χ3n) is 11.6. The van der Waals surface area contributed by atoms with Crippen LogP contribution in [0.3, 0.4) is 0 Å². The summed E-state index contributed by atoms with van der Waals surface area (Å²) in [4.78, 5) is 64.1. The minimum absolute atomic E-state index is 0.00529. The highest BCUT2D eigenvalue weighted by molar-refractivity contribution is 6.22. The van der Waals surface area contributed by atoms with Gasteiger partial charge in [-0.15, -0.1) is 0 Å². The van der Waals surface area contributed by atoms with Gasteiger partial charge in [-0.25, -0.2) is 4.98 Å². The average molecular weight is 840 g/mol. The predicted molar refractivity (Wildman–Crippen MR) is 228 cm³/mol. The average Bonchev–Trinajstić information content (AvgIpc) is 3.47. The molecule has 0 aromatic heterocycles. The third kappa shape index (κ3) is 8.04. The van der Waals surface area contributed by atoms with Crippen molar-refractivity contribution in [1.29, 1.82) is 0 Å². The molecule has 4 aliphatic heterocycles. The number of hydrogen-bond donors (Lipinski definition) is 2. The molecular weight excluding hydrogens is 787 g/mol. The molecule has 5 aliphatic rings. The Morgan fingerprint density at radius 1 is 1.08 bits per heavy atom. The first-order chi connectivity index (χ1) is 28.9. The van der Waals surface area contributed by atoms with Crippen molar-refractivity contribution in [2.45, 2.75) is 85.4 Å². The van der Waals surface area contributed by atoms with E-state index >= 15 is 4.79 Å². The summed E-state index contributed by atoms with van der Waals surface area (Å²) in [5, 5.41) is 15.0. The number of aliphatic hydroxyl groups excluding tert-OH is 1. The number of methoxy groups -OCH3 is 1. The quantitative estimate of drug-likeness (QED) is 0.118. The zero-order chi connectivity index (χ0) is 44.1. The number of nitrogens with one attached hydrogen (secondary N) is 1. The third-order valence-corrected chi connectivity index (χ3v) is 11.6. The molecule has 15 heteroatoms. The highest BCUT2D eigenvalue weighted by Gasteiger charge is 2.51. The number of aromatic nitrogens is 1. The monoisotopic (exact) mass is 839 g/mol. The second-order valence-corrected chi connectivity index (χ2v) is 16.7. The SMILES string of the molecule is COc1cc(OCCN(C)C)cc2oc3c4c(=O)c5c6c(C)c7c(c5c-3nc12)C(=O)[C@@](C)(O/C=C/C[C@@H](C)C(OC(C)=O)C(O6)[C@H](O)[C@H](C)CC(C)/C=C/C=C(/C)C(=O)N4)O7. The predicted octanol–water partition coefficient (Wildman–Crippen LogP) is 6.72. The number of aliphatic hydroxyl groups is 1. The molecule has 0 saturated heterocycles. The molecular formula is C46H53N3O12. The molecule has 1 aliphatic carbocycles. The molecule has 324 valence electrons. The fraction of sp³-hybridized carbons (Fsp3) is 0.457. The van der Waals surface area contributed by atoms with Gasteiger partial charge >= 0.3 is 11.8 Å². The topological polar surface area (TPSA) is 185 Å². The lowest BCUT2D eigenvalue weighted by molar-refractivity contribution is -0.162. The Morgan fingerprint density at radius 2 is 1.84 bits per heavy atom. The normalized spacial score (nSPS) is 27.4. The summed E-state index contributed by atoms with van der Waals surface area (Å²) in [5.74, 6) is -4.21. The van der Waals surface area contributed by atoms with Crippen LogP contribution in [0.1, 0.15) is 70.3 Å². The Balaban J connectivity index is 1.65. The molecule has 0 spiro atoms. The first-order valence-corrected chi connectivity index (χ1v) is 20.4. The van der Waals surface area contributed by atoms with Crippen molar-refractivity contribution in [3.63, 3.8) is 0 Å². The lowest BCUT2D eigenvalue weighted by atomic mass is 9.84. The van der Waals surface area contributed by atoms with Gasteiger partial charge < -0.3 is 48.2 Å². The van der Waals surface area contributed by atoms with Crippen molar-refractivity contribution >= 4 is 45.2 Å². The van der Waals surface area contributed by atoms with Crippen LogP contribution in [0, 0.1) is 24.7 Å². The molecule has 7 rings (SSSR count). The number of anilines is 1. The van der Waals surface area contributed by atoms with Crippen LogP contribution in [0.15, 0.2) is 57.5 Å². The molecule has 0 fully saturated rings. The Morgan fingerprint density at radius 3 is 2.54 bits per heavy atom. The standard InChI is InChI=1S/C46H53N3O12/c1-22-13-11-14-24(3)45(54)48-36-38(52)32-31(35-42(36)59-30-21-28(56-18-16-49(8)9)20-29(55-10)34(30)47-35)33-41-26(5)40(32)60-43(37(51)25(4)19-22)39(58-27(6)50)23(2)15-12-17-57-46(7,61-41)44(33)53/h11-14,17,20-23,25,37,39,43,51H,15-16,18-19H2,1-10H3,(H,48,54)/b13-11+,17-12+,24-14-/t22?,23-,25-,37-,39?,43?,46+/m1/s1. The van der Waals surface area contributed by atoms with Gasteiger partial charge in [-0.2, -0.15) is 0 Å². The van der Waals surface area contributed by atoms with Gasteiger partial charge in [0.25, 0.3) is 11.7 Å². The van der Waals surface area contributed by atoms with Crippen LogP contribution in [0.25, 0.3) is 33.3 Å². The Kier molecular flexibility index (Phi) is 11.9. The minimum atomic E-state index is -1.90. The summed E-state index contributed by atoms with van der Waals surface area (Å²) in [5.41, 5.74) is -0.216. The number of benzene rings is 3. The molecule has 0 radical (unpaired) electrons. The fourth-order valence-electron chi connectivity index (χ4n) is 8.21. The molecule has 61 heavy (non-hydrogen) atoms. The van der Waals surface area contributed by atoms with E-state index in [9.17, 15) is 19.5 Å². The Bertz CT molecular complexity index is 2540. The summed E-state index contributed by atoms with van der Waals surface area (Å²) in [6.07, 6.45) is 5.55. The first-order valence-electron chi connectivity index (χ1n) is 20.4. The molecule has 2 aromatic carbocycles. The number of ether oxygens (including phenoxy) is 6. The largest absolute Gasteiger partial charge is 0.494 e. The van der Waals surface area contributed by atoms with E-state index in [4.69, 9.17) is 37.8 Å². The van der Waals surface area contributed by atoms with Crippen molar-refractivity contribution in [3.05, 3.63) is 69.6 Å². The number of carbonyl (C=O) groups excluding carboxylic acids is 3. The van der Waals surface area contributed by atoms with E-state index in [1.165, 1.54) is 27.2 Å². The number of rotatable bonds is 6. The smallest absolute Gasteiger partial charge is 0.312 e. The van der Waals surface area contributed by atoms with E-state index in [2.05, 4.69) is 5.32 Å². The number of amides is 1. The van der Waals surface area contributed by atoms with Gasteiger partial charge in [0, 0.05) is 55.0 Å². The van der Waals surface area contributed by atoms with Crippen LogP contribution < -0.4 is 29.7 Å². The summed E-state index contributed by atoms with van der Waals surface area (Å²) < 4.78 is 43.8. The molecule has 1 amide bonds. The van der Waals surface area contributed by atoms with E-state index in [1.54, 1.807) is 44.2 Å². The summed E-state index contributed by atoms with van der Waals surface area (Å²) in [6.45, 7) is 12.6. The zero-order valence-corrected chi connectivity index (χ0v) is 36.2. The number of hydrogen-bond acceptors (Lipinski definition) is 14. The molecule has 6 bridgehead atoms. The van der Waals surface area contributed by atoms with Gasteiger partial charge in [0.05, 0.1) is 30.4 Å². The molecule has 7 atom stereocenters. The van der Waals surface area contributed by atoms with E-state index < -0.39 is 59.0 Å². The van der Waals surface area contributed by atoms with Gasteiger partial charge in [-0.05, 0) is 58.7 Å². The van der Waals surface area contributed by atoms with Crippen LogP contribution >= 0.6 is 0 Å². The van der Waals surface area contributed by atoms with Crippen LogP contribution in [-0.2, 0) is 19.1 Å². The van der Waals surface area contributed by atoms with Crippen molar-refractivity contribution in [3.8, 4) is 34.5 Å². The molecule has 0 saturated carbocycles. The number of nitrogens with zero attached hydrogens (tertiary/aromatic N) is 2. The molecule has 4 heterocycles. The second kappa shape index (κ2) is 16.8. The number of allylic oxidation sites excluding steroid dienone is 4. The lowest BCUT2D eigenvalue weighted by Crippen LogP contribution is -2.50. The Hall–Kier alpha value is -5.93. The van der Waals surface area contributed by atoms with Crippen molar-refractivity contribution in [2.24, 2.45) is 17.8 Å². The van der Waals surface area contributed by atoms with E-state index in [0.29, 0.717) is 25.3 Å². The number of fused-ring (bicyclic) bond motifs is 8. The van der Waals surface area contributed by atoms with Gasteiger partial charge in [-0.3, -0.25) is 19.2 Å². The van der Waals surface area contributed by atoms with Gasteiger partial charge in [0.15, 0.2) is 23.2 Å². The molecule has 2 N–H and O–H groups in total. The van der Waals surface area contributed by atoms with Crippen LogP contribution in [0.2, 0.25) is 0 Å². The van der Waals surface area contributed by atoms with Crippen molar-refractivity contribution in [1.82, 2.24) is 9.88 Å². The molecule has 15 nitrogen and oxygen atoms in total. The summed E-state index contributed by atoms with van der Waals surface area (Å²) in [6, 6.07) is 3.26. The Labute approximate surface area is 353 Å². The maximum absolute atomic E-state index is 15.4. The number of esters is 1. The fourth-order valence-corrected chi connectivity index (χ4v) is 8.21. The number of carbonyl (C=O) groups is 3. The first kappa shape index (κ1) is 43.2. The number of likely N-dealkylation sites (N-methyl/N-ethyl adjacent to an activating group) is 1. The summed E-state index contributed by atoms with van der Waals surface area (Å²) >= 11 is 0.